The maximum absolute atomic E-state index is 12.1. The summed E-state index contributed by atoms with van der Waals surface area (Å²) in [5, 5.41) is 0. The minimum absolute atomic E-state index is 0.0522. The average Bonchev–Trinajstić information content (AvgIpc) is 2.69. The van der Waals surface area contributed by atoms with E-state index < -0.39 is 0 Å². The summed E-state index contributed by atoms with van der Waals surface area (Å²) in [6.45, 7) is 7.43. The predicted octanol–water partition coefficient (Wildman–Crippen LogP) is 3.51. The number of fused-ring (bicyclic) bond motifs is 2. The Kier molecular flexibility index (Phi) is 5.41. The van der Waals surface area contributed by atoms with Crippen molar-refractivity contribution in [1.29, 1.82) is 0 Å². The zero-order valence-electron chi connectivity index (χ0n) is 17.2. The molecule has 2 aliphatic rings. The van der Waals surface area contributed by atoms with Crippen LogP contribution in [0.3, 0.4) is 0 Å². The van der Waals surface area contributed by atoms with Gasteiger partial charge >= 0.3 is 5.97 Å². The molecule has 0 aliphatic carbocycles. The van der Waals surface area contributed by atoms with E-state index in [0.717, 1.165) is 51.1 Å². The molecule has 0 atom stereocenters. The van der Waals surface area contributed by atoms with Crippen molar-refractivity contribution in [2.24, 2.45) is 0 Å². The lowest BCUT2D eigenvalue weighted by Crippen LogP contribution is -2.52. The summed E-state index contributed by atoms with van der Waals surface area (Å²) in [5.74, 6) is 0.457. The lowest BCUT2D eigenvalue weighted by Gasteiger charge is -2.48. The van der Waals surface area contributed by atoms with Gasteiger partial charge in [-0.15, -0.1) is 0 Å². The highest BCUT2D eigenvalue weighted by Gasteiger charge is 2.42. The van der Waals surface area contributed by atoms with Gasteiger partial charge in [-0.3, -0.25) is 14.5 Å². The quantitative estimate of drug-likeness (QED) is 0.593. The summed E-state index contributed by atoms with van der Waals surface area (Å²) in [5.41, 5.74) is 3.91. The standard InChI is InChI=1S/C24H28N2O3/c1-18(27)26-16-21-7-3-4-9-23(21)24(17-26)10-12-25(13-11-24)15-20-6-5-8-22(14-20)29-19(2)28/h3-9,14H,10-13,15-17H2,1-2H3. The van der Waals surface area contributed by atoms with Crippen LogP contribution in [0.15, 0.2) is 48.5 Å². The highest BCUT2D eigenvalue weighted by molar-refractivity contribution is 5.74. The molecule has 0 unspecified atom stereocenters. The van der Waals surface area contributed by atoms with Gasteiger partial charge in [0.1, 0.15) is 5.75 Å². The van der Waals surface area contributed by atoms with Crippen LogP contribution in [0.4, 0.5) is 0 Å². The molecule has 1 spiro atoms. The van der Waals surface area contributed by atoms with Crippen LogP contribution in [-0.4, -0.2) is 41.3 Å². The summed E-state index contributed by atoms with van der Waals surface area (Å²) in [7, 11) is 0. The van der Waals surface area contributed by atoms with Crippen LogP contribution in [0, 0.1) is 0 Å². The van der Waals surface area contributed by atoms with E-state index in [1.165, 1.54) is 18.1 Å². The lowest BCUT2D eigenvalue weighted by atomic mass is 9.69. The molecule has 29 heavy (non-hydrogen) atoms. The number of benzene rings is 2. The van der Waals surface area contributed by atoms with Crippen LogP contribution >= 0.6 is 0 Å². The summed E-state index contributed by atoms with van der Waals surface area (Å²) in [6.07, 6.45) is 2.08. The Morgan fingerprint density at radius 3 is 2.52 bits per heavy atom. The summed E-state index contributed by atoms with van der Waals surface area (Å²) >= 11 is 0. The Morgan fingerprint density at radius 1 is 1.03 bits per heavy atom. The first-order valence-corrected chi connectivity index (χ1v) is 10.3. The smallest absolute Gasteiger partial charge is 0.308 e. The van der Waals surface area contributed by atoms with E-state index in [2.05, 4.69) is 35.2 Å². The number of hydrogen-bond acceptors (Lipinski definition) is 4. The molecule has 2 heterocycles. The molecular weight excluding hydrogens is 364 g/mol. The van der Waals surface area contributed by atoms with Gasteiger partial charge in [0.15, 0.2) is 0 Å². The maximum Gasteiger partial charge on any atom is 0.308 e. The van der Waals surface area contributed by atoms with E-state index in [4.69, 9.17) is 4.74 Å². The Bertz CT molecular complexity index is 916. The van der Waals surface area contributed by atoms with Gasteiger partial charge in [-0.05, 0) is 54.8 Å². The number of hydrogen-bond donors (Lipinski definition) is 0. The molecule has 2 aliphatic heterocycles. The van der Waals surface area contributed by atoms with Crippen LogP contribution in [0.5, 0.6) is 5.75 Å². The molecule has 0 N–H and O–H groups in total. The number of rotatable bonds is 3. The number of nitrogens with zero attached hydrogens (tertiary/aromatic N) is 2. The molecule has 1 amide bonds. The summed E-state index contributed by atoms with van der Waals surface area (Å²) < 4.78 is 5.21. The minimum Gasteiger partial charge on any atom is -0.427 e. The molecule has 1 saturated heterocycles. The van der Waals surface area contributed by atoms with Crippen LogP contribution < -0.4 is 4.74 Å². The Hall–Kier alpha value is -2.66. The van der Waals surface area contributed by atoms with Crippen molar-refractivity contribution in [2.75, 3.05) is 19.6 Å². The van der Waals surface area contributed by atoms with Gasteiger partial charge in [0.25, 0.3) is 0 Å². The fourth-order valence-corrected chi connectivity index (χ4v) is 4.81. The number of carbonyl (C=O) groups excluding carboxylic acids is 2. The normalized spacial score (nSPS) is 18.3. The van der Waals surface area contributed by atoms with Crippen molar-refractivity contribution >= 4 is 11.9 Å². The van der Waals surface area contributed by atoms with Gasteiger partial charge in [0.2, 0.25) is 5.91 Å². The zero-order valence-corrected chi connectivity index (χ0v) is 17.2. The molecule has 5 nitrogen and oxygen atoms in total. The number of amides is 1. The molecular formula is C24H28N2O3. The van der Waals surface area contributed by atoms with Crippen LogP contribution in [0.2, 0.25) is 0 Å². The third kappa shape index (κ3) is 4.20. The predicted molar refractivity (Wildman–Crippen MR) is 111 cm³/mol. The average molecular weight is 392 g/mol. The minimum atomic E-state index is -0.298. The molecule has 0 saturated carbocycles. The van der Waals surface area contributed by atoms with Crippen LogP contribution in [0.1, 0.15) is 43.4 Å². The number of piperidine rings is 1. The first kappa shape index (κ1) is 19.6. The fraction of sp³-hybridized carbons (Fsp3) is 0.417. The molecule has 2 aromatic carbocycles. The Balaban J connectivity index is 1.47. The van der Waals surface area contributed by atoms with Gasteiger partial charge in [-0.25, -0.2) is 0 Å². The summed E-state index contributed by atoms with van der Waals surface area (Å²) in [4.78, 5) is 27.8. The first-order valence-electron chi connectivity index (χ1n) is 10.3. The molecule has 0 radical (unpaired) electrons. The molecule has 4 rings (SSSR count). The maximum atomic E-state index is 12.1. The van der Waals surface area contributed by atoms with Gasteiger partial charge in [0.05, 0.1) is 0 Å². The summed E-state index contributed by atoms with van der Waals surface area (Å²) in [6, 6.07) is 16.4. The topological polar surface area (TPSA) is 49.9 Å². The largest absolute Gasteiger partial charge is 0.427 e. The van der Waals surface area contributed by atoms with Crippen molar-refractivity contribution in [2.45, 2.75) is 45.2 Å². The fourth-order valence-electron chi connectivity index (χ4n) is 4.81. The molecule has 5 heteroatoms. The lowest BCUT2D eigenvalue weighted by molar-refractivity contribution is -0.132. The van der Waals surface area contributed by atoms with Crippen molar-refractivity contribution < 1.29 is 14.3 Å². The van der Waals surface area contributed by atoms with Gasteiger partial charge in [-0.2, -0.15) is 0 Å². The van der Waals surface area contributed by atoms with Crippen LogP contribution in [-0.2, 0) is 28.1 Å². The van der Waals surface area contributed by atoms with E-state index in [9.17, 15) is 9.59 Å². The van der Waals surface area contributed by atoms with E-state index in [-0.39, 0.29) is 17.3 Å². The first-order chi connectivity index (χ1) is 13.9. The Morgan fingerprint density at radius 2 is 1.79 bits per heavy atom. The second-order valence-corrected chi connectivity index (χ2v) is 8.33. The van der Waals surface area contributed by atoms with E-state index in [1.54, 1.807) is 6.92 Å². The molecule has 0 aromatic heterocycles. The SMILES string of the molecule is CC(=O)Oc1cccc(CN2CCC3(CC2)CN(C(C)=O)Cc2ccccc23)c1. The van der Waals surface area contributed by atoms with E-state index in [1.807, 2.05) is 23.1 Å². The molecule has 0 bridgehead atoms. The number of carbonyl (C=O) groups is 2. The van der Waals surface area contributed by atoms with Crippen molar-refractivity contribution in [1.82, 2.24) is 9.80 Å². The number of ether oxygens (including phenoxy) is 1. The van der Waals surface area contributed by atoms with Crippen molar-refractivity contribution in [3.8, 4) is 5.75 Å². The van der Waals surface area contributed by atoms with Crippen molar-refractivity contribution in [3.05, 3.63) is 65.2 Å². The number of esters is 1. The van der Waals surface area contributed by atoms with Crippen LogP contribution in [0.25, 0.3) is 0 Å². The Labute approximate surface area is 172 Å². The van der Waals surface area contributed by atoms with E-state index in [0.29, 0.717) is 5.75 Å². The molecule has 152 valence electrons. The van der Waals surface area contributed by atoms with Crippen molar-refractivity contribution in [3.63, 3.8) is 0 Å². The third-order valence-corrected chi connectivity index (χ3v) is 6.27. The monoisotopic (exact) mass is 392 g/mol. The van der Waals surface area contributed by atoms with Gasteiger partial charge < -0.3 is 9.64 Å². The van der Waals surface area contributed by atoms with Gasteiger partial charge in [-0.1, -0.05) is 36.4 Å². The van der Waals surface area contributed by atoms with E-state index >= 15 is 0 Å². The zero-order chi connectivity index (χ0) is 20.4. The highest BCUT2D eigenvalue weighted by atomic mass is 16.5. The molecule has 2 aromatic rings. The second kappa shape index (κ2) is 7.99. The number of likely N-dealkylation sites (tertiary alicyclic amines) is 1. The molecule has 1 fully saturated rings. The van der Waals surface area contributed by atoms with Gasteiger partial charge in [0, 0.05) is 38.9 Å². The second-order valence-electron chi connectivity index (χ2n) is 8.33. The third-order valence-electron chi connectivity index (χ3n) is 6.27. The highest BCUT2D eigenvalue weighted by Crippen LogP contribution is 2.42.